The minimum atomic E-state index is -3.37. The molecule has 0 aliphatic rings. The maximum atomic E-state index is 12.5. The average Bonchev–Trinajstić information content (AvgIpc) is 3.21. The zero-order valence-electron chi connectivity index (χ0n) is 15.3. The Balaban J connectivity index is 2.10. The van der Waals surface area contributed by atoms with Crippen LogP contribution in [0.1, 0.15) is 13.3 Å². The summed E-state index contributed by atoms with van der Waals surface area (Å²) in [6, 6.07) is 16.1. The van der Waals surface area contributed by atoms with Gasteiger partial charge in [-0.05, 0) is 59.3 Å². The van der Waals surface area contributed by atoms with Crippen molar-refractivity contribution in [2.45, 2.75) is 18.2 Å². The Labute approximate surface area is 168 Å². The molecule has 7 heteroatoms. The highest BCUT2D eigenvalue weighted by atomic mass is 32.2. The van der Waals surface area contributed by atoms with Crippen molar-refractivity contribution in [3.05, 3.63) is 60.0 Å². The number of benzene rings is 2. The van der Waals surface area contributed by atoms with Crippen LogP contribution in [-0.2, 0) is 14.6 Å². The summed E-state index contributed by atoms with van der Waals surface area (Å²) >= 11 is 1.59. The lowest BCUT2D eigenvalue weighted by molar-refractivity contribution is -0.139. The Morgan fingerprint density at radius 2 is 1.89 bits per heavy atom. The molecule has 1 heterocycles. The number of ether oxygens (including phenoxy) is 1. The summed E-state index contributed by atoms with van der Waals surface area (Å²) in [6.07, 6.45) is 0.535. The number of carbonyl (C=O) groups is 1. The van der Waals surface area contributed by atoms with Crippen molar-refractivity contribution in [3.8, 4) is 27.3 Å². The van der Waals surface area contributed by atoms with Gasteiger partial charge in [-0.2, -0.15) is 0 Å². The first-order valence-corrected chi connectivity index (χ1v) is 11.3. The lowest BCUT2D eigenvalue weighted by Crippen LogP contribution is -2.10. The lowest BCUT2D eigenvalue weighted by Gasteiger charge is -2.13. The van der Waals surface area contributed by atoms with E-state index in [9.17, 15) is 13.2 Å². The van der Waals surface area contributed by atoms with E-state index in [4.69, 9.17) is 9.84 Å². The molecule has 146 valence electrons. The van der Waals surface area contributed by atoms with Gasteiger partial charge in [0.25, 0.3) is 0 Å². The van der Waals surface area contributed by atoms with Crippen LogP contribution in [-0.4, -0.2) is 31.9 Å². The Morgan fingerprint density at radius 3 is 2.57 bits per heavy atom. The van der Waals surface area contributed by atoms with E-state index in [1.165, 1.54) is 0 Å². The van der Waals surface area contributed by atoms with Crippen molar-refractivity contribution in [2.75, 3.05) is 12.4 Å². The fourth-order valence-corrected chi connectivity index (χ4v) is 4.95. The third-order valence-electron chi connectivity index (χ3n) is 4.11. The van der Waals surface area contributed by atoms with Crippen LogP contribution >= 0.6 is 11.3 Å². The Bertz CT molecular complexity index is 1070. The van der Waals surface area contributed by atoms with Crippen LogP contribution in [0.2, 0.25) is 0 Å². The number of rotatable bonds is 8. The first-order valence-electron chi connectivity index (χ1n) is 8.76. The molecule has 0 unspecified atom stereocenters. The van der Waals surface area contributed by atoms with Gasteiger partial charge in [-0.3, -0.25) is 0 Å². The Morgan fingerprint density at radius 1 is 1.07 bits per heavy atom. The molecule has 0 radical (unpaired) electrons. The zero-order valence-corrected chi connectivity index (χ0v) is 16.9. The van der Waals surface area contributed by atoms with Gasteiger partial charge in [0.15, 0.2) is 16.4 Å². The molecule has 0 saturated heterocycles. The highest BCUT2D eigenvalue weighted by Crippen LogP contribution is 2.36. The standard InChI is InChI=1S/C21H20O5S2/c1-2-11-28(24,25)17-6-3-5-15(12-17)18-13-16(20-7-4-10-27-20)8-9-19(18)26-14-21(22)23/h3-10,12-13H,2,11,14H2,1H3,(H,22,23). The maximum absolute atomic E-state index is 12.5. The monoisotopic (exact) mass is 416 g/mol. The molecule has 0 atom stereocenters. The summed E-state index contributed by atoms with van der Waals surface area (Å²) in [4.78, 5) is 12.2. The van der Waals surface area contributed by atoms with E-state index >= 15 is 0 Å². The fourth-order valence-electron chi connectivity index (χ4n) is 2.86. The molecule has 28 heavy (non-hydrogen) atoms. The molecule has 0 aliphatic carbocycles. The molecule has 0 amide bonds. The second-order valence-electron chi connectivity index (χ2n) is 6.22. The molecule has 1 N–H and O–H groups in total. The topological polar surface area (TPSA) is 80.7 Å². The number of hydrogen-bond donors (Lipinski definition) is 1. The predicted molar refractivity (Wildman–Crippen MR) is 111 cm³/mol. The molecule has 0 fully saturated rings. The average molecular weight is 417 g/mol. The maximum Gasteiger partial charge on any atom is 0.341 e. The van der Waals surface area contributed by atoms with Gasteiger partial charge in [-0.1, -0.05) is 25.1 Å². The number of hydrogen-bond acceptors (Lipinski definition) is 5. The zero-order chi connectivity index (χ0) is 20.1. The van der Waals surface area contributed by atoms with Crippen molar-refractivity contribution in [3.63, 3.8) is 0 Å². The number of sulfone groups is 1. The van der Waals surface area contributed by atoms with Crippen molar-refractivity contribution in [2.24, 2.45) is 0 Å². The smallest absolute Gasteiger partial charge is 0.341 e. The van der Waals surface area contributed by atoms with Gasteiger partial charge >= 0.3 is 5.97 Å². The van der Waals surface area contributed by atoms with Crippen LogP contribution in [0.4, 0.5) is 0 Å². The summed E-state index contributed by atoms with van der Waals surface area (Å²) < 4.78 is 30.4. The van der Waals surface area contributed by atoms with Gasteiger partial charge in [-0.25, -0.2) is 13.2 Å². The van der Waals surface area contributed by atoms with Crippen LogP contribution in [0.3, 0.4) is 0 Å². The van der Waals surface area contributed by atoms with Crippen LogP contribution in [0.25, 0.3) is 21.6 Å². The minimum Gasteiger partial charge on any atom is -0.481 e. The second kappa shape index (κ2) is 8.58. The second-order valence-corrected chi connectivity index (χ2v) is 9.27. The molecule has 2 aromatic carbocycles. The summed E-state index contributed by atoms with van der Waals surface area (Å²) in [7, 11) is -3.37. The van der Waals surface area contributed by atoms with Crippen molar-refractivity contribution in [1.82, 2.24) is 0 Å². The molecule has 0 bridgehead atoms. The Kier molecular flexibility index (Phi) is 6.16. The molecule has 1 aromatic heterocycles. The van der Waals surface area contributed by atoms with Crippen LogP contribution in [0.5, 0.6) is 5.75 Å². The first-order chi connectivity index (χ1) is 13.4. The van der Waals surface area contributed by atoms with Gasteiger partial charge in [0.05, 0.1) is 10.6 Å². The largest absolute Gasteiger partial charge is 0.481 e. The van der Waals surface area contributed by atoms with E-state index in [1.54, 1.807) is 41.7 Å². The Hall–Kier alpha value is -2.64. The number of aliphatic carboxylic acids is 1. The van der Waals surface area contributed by atoms with E-state index in [2.05, 4.69) is 0 Å². The van der Waals surface area contributed by atoms with Gasteiger partial charge < -0.3 is 9.84 Å². The molecule has 3 aromatic rings. The molecular formula is C21H20O5S2. The van der Waals surface area contributed by atoms with E-state index in [0.29, 0.717) is 23.3 Å². The summed E-state index contributed by atoms with van der Waals surface area (Å²) in [5.41, 5.74) is 2.27. The molecule has 0 spiro atoms. The first kappa shape index (κ1) is 20.1. The van der Waals surface area contributed by atoms with Crippen LogP contribution in [0.15, 0.2) is 64.9 Å². The van der Waals surface area contributed by atoms with Crippen molar-refractivity contribution < 1.29 is 23.1 Å². The molecule has 0 saturated carbocycles. The van der Waals surface area contributed by atoms with E-state index in [-0.39, 0.29) is 10.6 Å². The van der Waals surface area contributed by atoms with Gasteiger partial charge in [0.2, 0.25) is 0 Å². The third-order valence-corrected chi connectivity index (χ3v) is 6.95. The van der Waals surface area contributed by atoms with E-state index < -0.39 is 22.4 Å². The van der Waals surface area contributed by atoms with Crippen LogP contribution in [0, 0.1) is 0 Å². The lowest BCUT2D eigenvalue weighted by atomic mass is 10.0. The van der Waals surface area contributed by atoms with E-state index in [0.717, 1.165) is 10.4 Å². The third kappa shape index (κ3) is 4.61. The number of carboxylic acid groups (broad SMARTS) is 1. The van der Waals surface area contributed by atoms with Gasteiger partial charge in [0.1, 0.15) is 5.75 Å². The molecule has 5 nitrogen and oxygen atoms in total. The fraction of sp³-hybridized carbons (Fsp3) is 0.190. The number of thiophene rings is 1. The predicted octanol–water partition coefficient (Wildman–Crippen LogP) is 4.73. The highest BCUT2D eigenvalue weighted by Gasteiger charge is 2.16. The quantitative estimate of drug-likeness (QED) is 0.574. The number of carboxylic acids is 1. The summed E-state index contributed by atoms with van der Waals surface area (Å²) in [5.74, 6) is -0.603. The molecule has 0 aliphatic heterocycles. The SMILES string of the molecule is CCCS(=O)(=O)c1cccc(-c2cc(-c3cccs3)ccc2OCC(=O)O)c1. The summed E-state index contributed by atoms with van der Waals surface area (Å²) in [5, 5.41) is 10.9. The summed E-state index contributed by atoms with van der Waals surface area (Å²) in [6.45, 7) is 1.35. The van der Waals surface area contributed by atoms with Gasteiger partial charge in [0, 0.05) is 10.4 Å². The minimum absolute atomic E-state index is 0.0774. The van der Waals surface area contributed by atoms with Crippen molar-refractivity contribution in [1.29, 1.82) is 0 Å². The van der Waals surface area contributed by atoms with Gasteiger partial charge in [-0.15, -0.1) is 11.3 Å². The van der Waals surface area contributed by atoms with E-state index in [1.807, 2.05) is 36.6 Å². The molecular weight excluding hydrogens is 396 g/mol. The molecule has 3 rings (SSSR count). The highest BCUT2D eigenvalue weighted by molar-refractivity contribution is 7.91. The normalized spacial score (nSPS) is 11.3. The van der Waals surface area contributed by atoms with Crippen molar-refractivity contribution >= 4 is 27.1 Å². The van der Waals surface area contributed by atoms with Crippen LogP contribution < -0.4 is 4.74 Å².